The summed E-state index contributed by atoms with van der Waals surface area (Å²) in [5.41, 5.74) is 9.84. The van der Waals surface area contributed by atoms with Gasteiger partial charge in [-0.1, -0.05) is 89.6 Å². The number of nitrogens with one attached hydrogen (secondary N) is 5. The lowest BCUT2D eigenvalue weighted by Gasteiger charge is -2.32. The minimum absolute atomic E-state index is 0.0277. The van der Waals surface area contributed by atoms with Crippen LogP contribution in [0.5, 0.6) is 0 Å². The average Bonchev–Trinajstić information content (AvgIpc) is 3.67. The van der Waals surface area contributed by atoms with E-state index in [9.17, 15) is 19.2 Å². The van der Waals surface area contributed by atoms with Crippen LogP contribution in [-0.4, -0.2) is 76.9 Å². The number of unbranched alkanes of at least 4 members (excludes halogenated alkanes) is 1. The van der Waals surface area contributed by atoms with Crippen molar-refractivity contribution < 1.29 is 23.9 Å². The molecule has 0 bridgehead atoms. The summed E-state index contributed by atoms with van der Waals surface area (Å²) < 4.78 is 5.36. The SMILES string of the molecule is CN1C(=O)[C@H](CCCCN)NC(=O)[C@H](CCCNC(=O)OCc2ccccc2)NCc2cccnc2Sc2c(Cl)ccc(Cl)c2CNC(=O)[C@@H]1Cc1c[nH]c2ccccc12. The van der Waals surface area contributed by atoms with Gasteiger partial charge in [-0.25, -0.2) is 9.78 Å². The number of aromatic nitrogens is 2. The van der Waals surface area contributed by atoms with Crippen LogP contribution in [0.1, 0.15) is 54.4 Å². The number of benzene rings is 3. The van der Waals surface area contributed by atoms with Gasteiger partial charge in [0.1, 0.15) is 23.7 Å². The summed E-state index contributed by atoms with van der Waals surface area (Å²) in [7, 11) is 1.59. The van der Waals surface area contributed by atoms with Gasteiger partial charge >= 0.3 is 6.09 Å². The smallest absolute Gasteiger partial charge is 0.407 e. The van der Waals surface area contributed by atoms with E-state index in [1.54, 1.807) is 31.4 Å². The Morgan fingerprint density at radius 3 is 2.50 bits per heavy atom. The zero-order valence-corrected chi connectivity index (χ0v) is 35.7. The topological polar surface area (TPSA) is 184 Å². The summed E-state index contributed by atoms with van der Waals surface area (Å²) in [6, 6.07) is 21.5. The van der Waals surface area contributed by atoms with E-state index in [4.69, 9.17) is 33.7 Å². The molecule has 13 nitrogen and oxygen atoms in total. The molecule has 4 amide bonds. The molecular formula is C44H50Cl2N8O5S. The number of para-hydroxylation sites is 1. The monoisotopic (exact) mass is 872 g/mol. The van der Waals surface area contributed by atoms with Gasteiger partial charge in [0.15, 0.2) is 0 Å². The fourth-order valence-electron chi connectivity index (χ4n) is 7.06. The number of ether oxygens (including phenoxy) is 1. The minimum atomic E-state index is -0.973. The van der Waals surface area contributed by atoms with Crippen LogP contribution in [0.15, 0.2) is 101 Å². The first-order valence-electron chi connectivity index (χ1n) is 20.0. The lowest BCUT2D eigenvalue weighted by atomic mass is 10.0. The van der Waals surface area contributed by atoms with E-state index in [-0.39, 0.29) is 32.7 Å². The number of amides is 4. The van der Waals surface area contributed by atoms with E-state index in [1.807, 2.05) is 66.9 Å². The molecule has 1 aliphatic heterocycles. The Hall–Kier alpha value is -5.12. The molecule has 3 aromatic carbocycles. The Morgan fingerprint density at radius 2 is 1.68 bits per heavy atom. The van der Waals surface area contributed by atoms with Crippen LogP contribution in [0.3, 0.4) is 0 Å². The quantitative estimate of drug-likeness (QED) is 0.0763. The largest absolute Gasteiger partial charge is 0.445 e. The lowest BCUT2D eigenvalue weighted by molar-refractivity contribution is -0.142. The molecule has 0 fully saturated rings. The van der Waals surface area contributed by atoms with Crippen molar-refractivity contribution >= 4 is 69.7 Å². The van der Waals surface area contributed by atoms with Gasteiger partial charge < -0.3 is 41.6 Å². The zero-order valence-electron chi connectivity index (χ0n) is 33.3. The van der Waals surface area contributed by atoms with E-state index in [1.165, 1.54) is 16.7 Å². The fraction of sp³-hybridized carbons (Fsp3) is 0.341. The molecule has 3 heterocycles. The van der Waals surface area contributed by atoms with Crippen molar-refractivity contribution in [3.8, 4) is 0 Å². The van der Waals surface area contributed by atoms with E-state index in [2.05, 4.69) is 31.2 Å². The van der Waals surface area contributed by atoms with E-state index < -0.39 is 41.9 Å². The summed E-state index contributed by atoms with van der Waals surface area (Å²) >= 11 is 14.9. The molecule has 2 aromatic heterocycles. The maximum absolute atomic E-state index is 14.6. The van der Waals surface area contributed by atoms with Crippen LogP contribution in [0.25, 0.3) is 10.9 Å². The first-order chi connectivity index (χ1) is 29.1. The number of alkyl carbamates (subject to hydrolysis) is 1. The number of nitrogens with zero attached hydrogens (tertiary/aromatic N) is 2. The number of pyridine rings is 1. The summed E-state index contributed by atoms with van der Waals surface area (Å²) in [6.07, 6.45) is 5.38. The summed E-state index contributed by atoms with van der Waals surface area (Å²) in [5, 5.41) is 14.6. The van der Waals surface area contributed by atoms with Gasteiger partial charge in [0.25, 0.3) is 0 Å². The molecule has 0 radical (unpaired) electrons. The van der Waals surface area contributed by atoms with Gasteiger partial charge in [0.2, 0.25) is 17.7 Å². The van der Waals surface area contributed by atoms with Gasteiger partial charge in [-0.15, -0.1) is 0 Å². The lowest BCUT2D eigenvalue weighted by Crippen LogP contribution is -2.57. The molecule has 0 saturated heterocycles. The van der Waals surface area contributed by atoms with Gasteiger partial charge in [-0.3, -0.25) is 14.4 Å². The van der Waals surface area contributed by atoms with Crippen molar-refractivity contribution in [3.05, 3.63) is 124 Å². The van der Waals surface area contributed by atoms with Crippen LogP contribution < -0.4 is 27.0 Å². The number of aromatic amines is 1. The summed E-state index contributed by atoms with van der Waals surface area (Å²) in [6.45, 7) is 1.06. The van der Waals surface area contributed by atoms with Gasteiger partial charge in [-0.2, -0.15) is 0 Å². The Bertz CT molecular complexity index is 2260. The Labute approximate surface area is 363 Å². The highest BCUT2D eigenvalue weighted by molar-refractivity contribution is 7.99. The molecule has 60 heavy (non-hydrogen) atoms. The molecule has 16 heteroatoms. The van der Waals surface area contributed by atoms with Crippen molar-refractivity contribution in [1.82, 2.24) is 36.1 Å². The maximum atomic E-state index is 14.6. The molecule has 0 saturated carbocycles. The predicted molar refractivity (Wildman–Crippen MR) is 235 cm³/mol. The number of likely N-dealkylation sites (N-methyl/N-ethyl adjacent to an activating group) is 1. The fourth-order valence-corrected chi connectivity index (χ4v) is 8.68. The molecule has 1 aliphatic rings. The number of hydrogen-bond donors (Lipinski definition) is 6. The zero-order chi connectivity index (χ0) is 42.4. The predicted octanol–water partition coefficient (Wildman–Crippen LogP) is 6.50. The molecule has 6 rings (SSSR count). The van der Waals surface area contributed by atoms with Crippen LogP contribution in [0.4, 0.5) is 4.79 Å². The molecule has 0 spiro atoms. The molecule has 5 aromatic rings. The average molecular weight is 874 g/mol. The third kappa shape index (κ3) is 11.8. The van der Waals surface area contributed by atoms with Crippen molar-refractivity contribution in [2.75, 3.05) is 20.1 Å². The Morgan fingerprint density at radius 1 is 0.917 bits per heavy atom. The molecule has 0 unspecified atom stereocenters. The van der Waals surface area contributed by atoms with E-state index in [0.29, 0.717) is 64.2 Å². The van der Waals surface area contributed by atoms with Gasteiger partial charge in [0, 0.05) is 71.9 Å². The third-order valence-corrected chi connectivity index (χ3v) is 12.4. The van der Waals surface area contributed by atoms with Gasteiger partial charge in [-0.05, 0) is 79.6 Å². The third-order valence-electron chi connectivity index (χ3n) is 10.4. The molecule has 316 valence electrons. The van der Waals surface area contributed by atoms with E-state index >= 15 is 0 Å². The maximum Gasteiger partial charge on any atom is 0.407 e. The number of fused-ring (bicyclic) bond motifs is 3. The molecule has 3 atom stereocenters. The number of nitrogens with two attached hydrogens (primary N) is 1. The van der Waals surface area contributed by atoms with Crippen LogP contribution in [-0.2, 0) is 45.2 Å². The second-order valence-electron chi connectivity index (χ2n) is 14.6. The minimum Gasteiger partial charge on any atom is -0.445 e. The second-order valence-corrected chi connectivity index (χ2v) is 16.4. The highest BCUT2D eigenvalue weighted by atomic mass is 35.5. The number of carbonyl (C=O) groups is 4. The van der Waals surface area contributed by atoms with Crippen molar-refractivity contribution in [3.63, 3.8) is 0 Å². The standard InChI is InChI=1S/C44H50Cl2N8O5S/c1-54-38(23-30-25-50-35-15-6-5-14-31(30)35)41(56)52-26-32-33(45)18-19-34(46)39(32)60-42-29(13-9-21-48-42)24-51-36(40(55)53-37(43(54)57)16-7-8-20-47)17-10-22-49-44(58)59-27-28-11-3-2-4-12-28/h2-6,9,11-15,18-19,21,25,36-38,50-51H,7-8,10,16-17,20,22-24,26-27,47H2,1H3,(H,49,58)(H,52,56)(H,53,55)/t36-,37-,38-/m0/s1. The molecule has 7 N–H and O–H groups in total. The van der Waals surface area contributed by atoms with Crippen LogP contribution in [0.2, 0.25) is 10.0 Å². The van der Waals surface area contributed by atoms with Crippen molar-refractivity contribution in [1.29, 1.82) is 0 Å². The Kier molecular flexibility index (Phi) is 16.2. The first-order valence-corrected chi connectivity index (χ1v) is 21.6. The number of carbonyl (C=O) groups excluding carboxylic acids is 4. The van der Waals surface area contributed by atoms with Crippen LogP contribution in [0, 0.1) is 0 Å². The molecule has 0 aliphatic carbocycles. The number of hydrogen-bond acceptors (Lipinski definition) is 9. The number of H-pyrrole nitrogens is 1. The normalized spacial score (nSPS) is 17.9. The van der Waals surface area contributed by atoms with Crippen LogP contribution >= 0.6 is 35.0 Å². The molecular weight excluding hydrogens is 824 g/mol. The summed E-state index contributed by atoms with van der Waals surface area (Å²) in [4.78, 5) is 65.8. The van der Waals surface area contributed by atoms with Crippen molar-refractivity contribution in [2.24, 2.45) is 5.73 Å². The summed E-state index contributed by atoms with van der Waals surface area (Å²) in [5.74, 6) is -1.23. The van der Waals surface area contributed by atoms with Crippen molar-refractivity contribution in [2.45, 2.75) is 86.3 Å². The second kappa shape index (κ2) is 21.9. The van der Waals surface area contributed by atoms with E-state index in [0.717, 1.165) is 27.6 Å². The highest BCUT2D eigenvalue weighted by Crippen LogP contribution is 2.39. The first kappa shape index (κ1) is 44.4. The Balaban J connectivity index is 1.30. The number of halogens is 2. The number of rotatable bonds is 12. The van der Waals surface area contributed by atoms with Gasteiger partial charge in [0.05, 0.1) is 11.1 Å². The highest BCUT2D eigenvalue weighted by Gasteiger charge is 2.34.